The van der Waals surface area contributed by atoms with Crippen LogP contribution < -0.4 is 4.74 Å². The Balaban J connectivity index is 2.65. The van der Waals surface area contributed by atoms with Crippen LogP contribution in [0.4, 0.5) is 0 Å². The molecule has 0 aromatic heterocycles. The van der Waals surface area contributed by atoms with Gasteiger partial charge in [0.15, 0.2) is 5.78 Å². The van der Waals surface area contributed by atoms with Crippen molar-refractivity contribution >= 4 is 15.9 Å². The third-order valence-corrected chi connectivity index (χ3v) is 3.72. The van der Waals surface area contributed by atoms with E-state index >= 15 is 0 Å². The molecule has 6 nitrogen and oxygen atoms in total. The second-order valence-electron chi connectivity index (χ2n) is 4.19. The number of phenols is 1. The van der Waals surface area contributed by atoms with Crippen LogP contribution >= 0.6 is 0 Å². The molecule has 2 aromatic carbocycles. The van der Waals surface area contributed by atoms with E-state index in [0.717, 1.165) is 12.1 Å². The maximum absolute atomic E-state index is 12.4. The van der Waals surface area contributed by atoms with Crippen molar-refractivity contribution in [1.82, 2.24) is 0 Å². The Kier molecular flexibility index (Phi) is 3.97. The third kappa shape index (κ3) is 3.04. The Morgan fingerprint density at radius 3 is 2.29 bits per heavy atom. The average Bonchev–Trinajstić information content (AvgIpc) is 2.45. The fourth-order valence-corrected chi connectivity index (χ4v) is 2.44. The molecule has 7 heteroatoms. The predicted octanol–water partition coefficient (Wildman–Crippen LogP) is 1.88. The number of methoxy groups -OCH3 is 1. The van der Waals surface area contributed by atoms with Crippen molar-refractivity contribution in [3.05, 3.63) is 53.6 Å². The van der Waals surface area contributed by atoms with Gasteiger partial charge in [-0.1, -0.05) is 30.3 Å². The number of ether oxygens (including phenoxy) is 1. The molecule has 0 atom stereocenters. The molecule has 0 bridgehead atoms. The molecule has 0 spiro atoms. The van der Waals surface area contributed by atoms with Gasteiger partial charge in [0.2, 0.25) is 0 Å². The number of benzene rings is 2. The SMILES string of the molecule is COc1cc(O)c(S(=O)(=O)O)cc1C(=O)c1ccccc1. The summed E-state index contributed by atoms with van der Waals surface area (Å²) in [7, 11) is -3.37. The average molecular weight is 308 g/mol. The van der Waals surface area contributed by atoms with Crippen molar-refractivity contribution in [3.8, 4) is 11.5 Å². The first kappa shape index (κ1) is 15.0. The first-order valence-electron chi connectivity index (χ1n) is 5.83. The van der Waals surface area contributed by atoms with E-state index in [1.165, 1.54) is 7.11 Å². The minimum atomic E-state index is -4.65. The lowest BCUT2D eigenvalue weighted by Gasteiger charge is -2.10. The van der Waals surface area contributed by atoms with Crippen LogP contribution in [0.2, 0.25) is 0 Å². The second kappa shape index (κ2) is 5.55. The van der Waals surface area contributed by atoms with E-state index in [1.54, 1.807) is 30.3 Å². The Labute approximate surface area is 121 Å². The van der Waals surface area contributed by atoms with Crippen molar-refractivity contribution in [2.75, 3.05) is 7.11 Å². The largest absolute Gasteiger partial charge is 0.506 e. The van der Waals surface area contributed by atoms with Gasteiger partial charge in [0.25, 0.3) is 10.1 Å². The van der Waals surface area contributed by atoms with Crippen LogP contribution in [-0.2, 0) is 10.1 Å². The van der Waals surface area contributed by atoms with Gasteiger partial charge in [-0.25, -0.2) is 0 Å². The van der Waals surface area contributed by atoms with E-state index in [1.807, 2.05) is 0 Å². The third-order valence-electron chi connectivity index (χ3n) is 2.84. The highest BCUT2D eigenvalue weighted by Gasteiger charge is 2.23. The Hall–Kier alpha value is -2.38. The van der Waals surface area contributed by atoms with Gasteiger partial charge in [-0.2, -0.15) is 8.42 Å². The van der Waals surface area contributed by atoms with E-state index in [2.05, 4.69) is 0 Å². The van der Waals surface area contributed by atoms with Gasteiger partial charge in [0.05, 0.1) is 12.7 Å². The molecule has 0 heterocycles. The normalized spacial score (nSPS) is 11.1. The van der Waals surface area contributed by atoms with Gasteiger partial charge in [0, 0.05) is 11.6 Å². The molecule has 0 saturated heterocycles. The molecule has 2 rings (SSSR count). The summed E-state index contributed by atoms with van der Waals surface area (Å²) in [4.78, 5) is 11.6. The lowest BCUT2D eigenvalue weighted by Crippen LogP contribution is -2.07. The van der Waals surface area contributed by atoms with Crippen LogP contribution in [-0.4, -0.2) is 31.0 Å². The summed E-state index contributed by atoms with van der Waals surface area (Å²) in [5.74, 6) is -1.18. The molecule has 0 saturated carbocycles. The van der Waals surface area contributed by atoms with Crippen molar-refractivity contribution in [3.63, 3.8) is 0 Å². The monoisotopic (exact) mass is 308 g/mol. The molecule has 2 aromatic rings. The lowest BCUT2D eigenvalue weighted by molar-refractivity contribution is 0.103. The topological polar surface area (TPSA) is 101 Å². The zero-order chi connectivity index (χ0) is 15.6. The summed E-state index contributed by atoms with van der Waals surface area (Å²) in [6.45, 7) is 0. The molecule has 2 N–H and O–H groups in total. The zero-order valence-electron chi connectivity index (χ0n) is 11.0. The Morgan fingerprint density at radius 1 is 1.14 bits per heavy atom. The summed E-state index contributed by atoms with van der Waals surface area (Å²) < 4.78 is 36.5. The van der Waals surface area contributed by atoms with Gasteiger partial charge < -0.3 is 9.84 Å². The number of carbonyl (C=O) groups is 1. The van der Waals surface area contributed by atoms with E-state index < -0.39 is 26.5 Å². The zero-order valence-corrected chi connectivity index (χ0v) is 11.8. The number of hydrogen-bond donors (Lipinski definition) is 2. The highest BCUT2D eigenvalue weighted by Crippen LogP contribution is 2.32. The lowest BCUT2D eigenvalue weighted by atomic mass is 10.0. The predicted molar refractivity (Wildman–Crippen MR) is 74.3 cm³/mol. The van der Waals surface area contributed by atoms with Gasteiger partial charge in [-0.15, -0.1) is 0 Å². The standard InChI is InChI=1S/C14H12O6S/c1-20-12-8-11(15)13(21(17,18)19)7-10(12)14(16)9-5-3-2-4-6-9/h2-8,15H,1H3,(H,17,18,19). The number of rotatable bonds is 4. The van der Waals surface area contributed by atoms with Crippen LogP contribution in [0.5, 0.6) is 11.5 Å². The first-order chi connectivity index (χ1) is 9.84. The minimum Gasteiger partial charge on any atom is -0.506 e. The number of phenolic OH excluding ortho intramolecular Hbond substituents is 1. The summed E-state index contributed by atoms with van der Waals surface area (Å²) >= 11 is 0. The highest BCUT2D eigenvalue weighted by molar-refractivity contribution is 7.86. The molecular formula is C14H12O6S. The van der Waals surface area contributed by atoms with Crippen molar-refractivity contribution in [2.45, 2.75) is 4.90 Å². The summed E-state index contributed by atoms with van der Waals surface area (Å²) in [6, 6.07) is 10.0. The summed E-state index contributed by atoms with van der Waals surface area (Å²) in [5.41, 5.74) is 0.247. The maximum atomic E-state index is 12.4. The second-order valence-corrected chi connectivity index (χ2v) is 5.58. The molecule has 0 radical (unpaired) electrons. The van der Waals surface area contributed by atoms with E-state index in [0.29, 0.717) is 5.56 Å². The smallest absolute Gasteiger partial charge is 0.298 e. The van der Waals surface area contributed by atoms with Gasteiger partial charge in [-0.05, 0) is 6.07 Å². The molecule has 110 valence electrons. The summed E-state index contributed by atoms with van der Waals surface area (Å²) in [6.07, 6.45) is 0. The number of aromatic hydroxyl groups is 1. The molecule has 0 aliphatic heterocycles. The highest BCUT2D eigenvalue weighted by atomic mass is 32.2. The van der Waals surface area contributed by atoms with Crippen LogP contribution in [0.3, 0.4) is 0 Å². The molecular weight excluding hydrogens is 296 g/mol. The minimum absolute atomic E-state index is 0.00810. The van der Waals surface area contributed by atoms with Crippen molar-refractivity contribution in [2.24, 2.45) is 0 Å². The molecule has 21 heavy (non-hydrogen) atoms. The Bertz CT molecular complexity index is 781. The number of ketones is 1. The fraction of sp³-hybridized carbons (Fsp3) is 0.0714. The molecule has 0 amide bonds. The molecule has 0 aliphatic rings. The molecule has 0 unspecified atom stereocenters. The van der Waals surface area contributed by atoms with Crippen LogP contribution in [0, 0.1) is 0 Å². The number of hydrogen-bond acceptors (Lipinski definition) is 5. The van der Waals surface area contributed by atoms with Gasteiger partial charge >= 0.3 is 0 Å². The van der Waals surface area contributed by atoms with Crippen LogP contribution in [0.25, 0.3) is 0 Å². The van der Waals surface area contributed by atoms with Gasteiger partial charge in [0.1, 0.15) is 16.4 Å². The molecule has 0 aliphatic carbocycles. The van der Waals surface area contributed by atoms with Crippen LogP contribution in [0.15, 0.2) is 47.4 Å². The fourth-order valence-electron chi connectivity index (χ4n) is 1.85. The first-order valence-corrected chi connectivity index (χ1v) is 7.27. The summed E-state index contributed by atoms with van der Waals surface area (Å²) in [5, 5.41) is 9.60. The quantitative estimate of drug-likeness (QED) is 0.660. The van der Waals surface area contributed by atoms with E-state index in [4.69, 9.17) is 9.29 Å². The van der Waals surface area contributed by atoms with Crippen LogP contribution in [0.1, 0.15) is 15.9 Å². The Morgan fingerprint density at radius 2 is 1.76 bits per heavy atom. The van der Waals surface area contributed by atoms with Crippen molar-refractivity contribution < 1.29 is 27.6 Å². The van der Waals surface area contributed by atoms with E-state index in [9.17, 15) is 18.3 Å². The number of carbonyl (C=O) groups excluding carboxylic acids is 1. The van der Waals surface area contributed by atoms with E-state index in [-0.39, 0.29) is 11.3 Å². The van der Waals surface area contributed by atoms with Crippen molar-refractivity contribution in [1.29, 1.82) is 0 Å². The van der Waals surface area contributed by atoms with Gasteiger partial charge in [-0.3, -0.25) is 9.35 Å². The maximum Gasteiger partial charge on any atom is 0.298 e. The molecule has 0 fully saturated rings.